The fourth-order valence-electron chi connectivity index (χ4n) is 11.5. The van der Waals surface area contributed by atoms with E-state index in [-0.39, 0.29) is 99.7 Å². The van der Waals surface area contributed by atoms with E-state index >= 15 is 0 Å². The minimum absolute atomic E-state index is 0.0219. The molecule has 11 atom stereocenters. The van der Waals surface area contributed by atoms with E-state index in [1.54, 1.807) is 92.7 Å². The number of para-hydroxylation sites is 1. The number of hydrogen-bond donors (Lipinski definition) is 15. The number of likely N-dealkylation sites (tertiary alicyclic amines) is 1. The van der Waals surface area contributed by atoms with Crippen LogP contribution in [0.2, 0.25) is 0 Å². The van der Waals surface area contributed by atoms with E-state index < -0.39 is 125 Å². The maximum Gasteiger partial charge on any atom is 0.326 e. The van der Waals surface area contributed by atoms with Crippen LogP contribution in [0.5, 0.6) is 11.5 Å². The molecular formula is C71H103N13O13. The van der Waals surface area contributed by atoms with E-state index in [1.165, 1.54) is 29.2 Å². The number of carboxylic acids is 1. The van der Waals surface area contributed by atoms with Gasteiger partial charge in [0.25, 0.3) is 0 Å². The van der Waals surface area contributed by atoms with Crippen LogP contribution in [0.1, 0.15) is 145 Å². The Labute approximate surface area is 568 Å². The van der Waals surface area contributed by atoms with E-state index in [2.05, 4.69) is 42.5 Å². The number of aliphatic carboxylic acids is 1. The first-order valence-corrected chi connectivity index (χ1v) is 33.9. The number of nitrogens with two attached hydrogens (primary N) is 4. The normalized spacial score (nSPS) is 15.9. The Morgan fingerprint density at radius 3 is 1.56 bits per heavy atom. The Balaban J connectivity index is 1.36. The van der Waals surface area contributed by atoms with E-state index in [0.717, 1.165) is 0 Å². The highest BCUT2D eigenvalue weighted by atomic mass is 16.4. The van der Waals surface area contributed by atoms with Crippen molar-refractivity contribution in [1.29, 1.82) is 0 Å². The largest absolute Gasteiger partial charge is 0.508 e. The number of aromatic hydroxyl groups is 2. The van der Waals surface area contributed by atoms with Crippen LogP contribution in [-0.2, 0) is 62.4 Å². The zero-order valence-electron chi connectivity index (χ0n) is 56.6. The third kappa shape index (κ3) is 25.5. The molecule has 97 heavy (non-hydrogen) atoms. The number of ketones is 1. The van der Waals surface area contributed by atoms with Crippen molar-refractivity contribution in [3.05, 3.63) is 125 Å². The molecule has 0 radical (unpaired) electrons. The molecule has 0 spiro atoms. The highest BCUT2D eigenvalue weighted by Gasteiger charge is 2.41. The third-order valence-corrected chi connectivity index (χ3v) is 17.3. The predicted molar refractivity (Wildman–Crippen MR) is 369 cm³/mol. The minimum atomic E-state index is -1.34. The third-order valence-electron chi connectivity index (χ3n) is 17.3. The van der Waals surface area contributed by atoms with Crippen LogP contribution in [-0.4, -0.2) is 166 Å². The van der Waals surface area contributed by atoms with Gasteiger partial charge in [-0.15, -0.1) is 0 Å². The Bertz CT molecular complexity index is 3210. The number of anilines is 1. The first-order chi connectivity index (χ1) is 46.4. The van der Waals surface area contributed by atoms with Gasteiger partial charge in [0.15, 0.2) is 5.78 Å². The Morgan fingerprint density at radius 1 is 0.515 bits per heavy atom. The molecule has 0 aromatic heterocycles. The van der Waals surface area contributed by atoms with Crippen LogP contribution in [0, 0.1) is 11.8 Å². The van der Waals surface area contributed by atoms with E-state index in [1.807, 2.05) is 20.8 Å². The van der Waals surface area contributed by atoms with Gasteiger partial charge in [0.05, 0.1) is 12.1 Å². The number of benzene rings is 4. The van der Waals surface area contributed by atoms with Gasteiger partial charge >= 0.3 is 5.97 Å². The predicted octanol–water partition coefficient (Wildman–Crippen LogP) is 3.08. The van der Waals surface area contributed by atoms with Crippen molar-refractivity contribution < 1.29 is 63.3 Å². The molecule has 1 aliphatic rings. The molecular weight excluding hydrogens is 1240 g/mol. The number of phenolic OH excluding ortho intramolecular Hbond substituents is 2. The van der Waals surface area contributed by atoms with Crippen LogP contribution in [0.15, 0.2) is 103 Å². The topological polar surface area (TPSA) is 435 Å². The van der Waals surface area contributed by atoms with Gasteiger partial charge in [-0.1, -0.05) is 101 Å². The molecule has 4 aromatic rings. The molecule has 19 N–H and O–H groups in total. The first-order valence-electron chi connectivity index (χ1n) is 33.9. The van der Waals surface area contributed by atoms with Crippen molar-refractivity contribution in [2.75, 3.05) is 31.5 Å². The van der Waals surface area contributed by atoms with Crippen molar-refractivity contribution in [1.82, 2.24) is 42.1 Å². The number of amides is 8. The lowest BCUT2D eigenvalue weighted by molar-refractivity contribution is -0.143. The molecule has 530 valence electrons. The molecule has 1 saturated heterocycles. The SMILES string of the molecule is CCC(C)C(NC(=O)C(Cc1ccc(O)cc1)NC(=O)C1CCCN1C(=O)C(CCCCN)NC(=O)C(CCCCN)NC(=O)C(Cc1ccccc1)NC(=O)C(C)Nc1ccccc1C(=O)[C@@H](CCCCN)NC(=O)C(N)Cc1ccc(O)cc1)C(=O)NC(CC(C)C)C(=O)O. The number of rotatable bonds is 42. The molecule has 1 fully saturated rings. The number of nitrogens with one attached hydrogen (secondary N) is 8. The summed E-state index contributed by atoms with van der Waals surface area (Å²) in [5.41, 5.74) is 26.3. The number of unbranched alkanes of at least 4 members (excludes halogenated alkanes) is 3. The number of phenols is 2. The Morgan fingerprint density at radius 2 is 0.990 bits per heavy atom. The molecule has 1 aliphatic heterocycles. The molecule has 26 nitrogen and oxygen atoms in total. The lowest BCUT2D eigenvalue weighted by Gasteiger charge is -2.31. The number of carboxylic acid groups (broad SMARTS) is 1. The fraction of sp³-hybridized carbons (Fsp3) is 0.521. The lowest BCUT2D eigenvalue weighted by atomic mass is 9.96. The van der Waals surface area contributed by atoms with Gasteiger partial charge in [-0.2, -0.15) is 0 Å². The summed E-state index contributed by atoms with van der Waals surface area (Å²) in [5.74, 6) is -7.67. The molecule has 10 unspecified atom stereocenters. The number of carbonyl (C=O) groups excluding carboxylic acids is 9. The monoisotopic (exact) mass is 1350 g/mol. The molecule has 0 aliphatic carbocycles. The van der Waals surface area contributed by atoms with E-state index in [4.69, 9.17) is 22.9 Å². The average Bonchev–Trinajstić information content (AvgIpc) is 1.82. The number of hydrogen-bond acceptors (Lipinski definition) is 17. The Kier molecular flexibility index (Phi) is 32.9. The maximum absolute atomic E-state index is 15.0. The average molecular weight is 1350 g/mol. The summed E-state index contributed by atoms with van der Waals surface area (Å²) in [6.45, 7) is 9.72. The van der Waals surface area contributed by atoms with E-state index in [0.29, 0.717) is 74.6 Å². The molecule has 8 amide bonds. The molecule has 1 heterocycles. The van der Waals surface area contributed by atoms with Crippen molar-refractivity contribution in [3.8, 4) is 11.5 Å². The van der Waals surface area contributed by atoms with E-state index in [9.17, 15) is 63.3 Å². The van der Waals surface area contributed by atoms with Crippen LogP contribution < -0.4 is 65.5 Å². The van der Waals surface area contributed by atoms with Crippen LogP contribution >= 0.6 is 0 Å². The number of carbonyl (C=O) groups is 10. The highest BCUT2D eigenvalue weighted by molar-refractivity contribution is 6.07. The summed E-state index contributed by atoms with van der Waals surface area (Å²) >= 11 is 0. The second-order valence-electron chi connectivity index (χ2n) is 25.6. The van der Waals surface area contributed by atoms with Gasteiger partial charge in [0.1, 0.15) is 59.8 Å². The Hall–Kier alpha value is -8.98. The first kappa shape index (κ1) is 78.7. The maximum atomic E-state index is 15.0. The smallest absolute Gasteiger partial charge is 0.326 e. The van der Waals surface area contributed by atoms with Gasteiger partial charge in [0, 0.05) is 30.6 Å². The molecule has 26 heteroatoms. The summed E-state index contributed by atoms with van der Waals surface area (Å²) in [6, 6.07) is 15.8. The van der Waals surface area contributed by atoms with Gasteiger partial charge < -0.3 is 85.7 Å². The van der Waals surface area contributed by atoms with Crippen LogP contribution in [0.3, 0.4) is 0 Å². The fourth-order valence-corrected chi connectivity index (χ4v) is 11.5. The van der Waals surface area contributed by atoms with Gasteiger partial charge in [-0.3, -0.25) is 43.2 Å². The minimum Gasteiger partial charge on any atom is -0.508 e. The standard InChI is InChI=1S/C71H103N13O13/c1-6-44(4)61(69(94)82-59(71(96)97)39-43(2)3)83-67(92)58(42-48-29-33-50(86)34-30-48)81-68(93)60-26-18-38-84(60)70(95)56(25-14-17-37-74)79-65(90)55(24-13-16-36-73)78-66(91)57(41-46-19-8-7-9-20-46)80-63(88)45(5)76-53-22-11-10-21-51(53)62(87)54(23-12-15-35-72)77-64(89)52(75)40-47-27-31-49(85)32-28-47/h7-11,19-22,27-34,43-45,52,54-61,76,85-86H,6,12-18,23-26,35-42,72-75H2,1-5H3,(H,77,89)(H,78,91)(H,79,90)(H,80,88)(H,81,93)(H,82,94)(H,83,92)(H,96,97)/t44?,45?,52?,54-,55?,56?,57?,58?,59?,60?,61?/m1/s1. The van der Waals surface area contributed by atoms with Crippen molar-refractivity contribution in [2.24, 2.45) is 34.8 Å². The number of Topliss-reactive ketones (excluding diaryl/α,β-unsaturated/α-hetero) is 1. The van der Waals surface area contributed by atoms with Gasteiger partial charge in [0.2, 0.25) is 47.3 Å². The second-order valence-corrected chi connectivity index (χ2v) is 25.6. The lowest BCUT2D eigenvalue weighted by Crippen LogP contribution is -2.60. The summed E-state index contributed by atoms with van der Waals surface area (Å²) in [6.07, 6.45) is 4.29. The zero-order valence-corrected chi connectivity index (χ0v) is 56.6. The van der Waals surface area contributed by atoms with Crippen molar-refractivity contribution >= 4 is 64.7 Å². The van der Waals surface area contributed by atoms with Crippen LogP contribution in [0.25, 0.3) is 0 Å². The zero-order chi connectivity index (χ0) is 71.1. The quantitative estimate of drug-likeness (QED) is 0.0224. The molecule has 0 saturated carbocycles. The summed E-state index contributed by atoms with van der Waals surface area (Å²) in [5, 5.41) is 52.5. The van der Waals surface area contributed by atoms with Gasteiger partial charge in [-0.25, -0.2) is 4.79 Å². The molecule has 0 bridgehead atoms. The van der Waals surface area contributed by atoms with Crippen LogP contribution in [0.4, 0.5) is 5.69 Å². The van der Waals surface area contributed by atoms with Crippen molar-refractivity contribution in [3.63, 3.8) is 0 Å². The summed E-state index contributed by atoms with van der Waals surface area (Å²) in [4.78, 5) is 143. The van der Waals surface area contributed by atoms with Gasteiger partial charge in [-0.05, 0) is 175 Å². The number of nitrogens with zero attached hydrogens (tertiary/aromatic N) is 1. The summed E-state index contributed by atoms with van der Waals surface area (Å²) < 4.78 is 0. The van der Waals surface area contributed by atoms with Crippen molar-refractivity contribution in [2.45, 2.75) is 198 Å². The summed E-state index contributed by atoms with van der Waals surface area (Å²) in [7, 11) is 0. The molecule has 4 aromatic carbocycles. The highest BCUT2D eigenvalue weighted by Crippen LogP contribution is 2.24. The second kappa shape index (κ2) is 40.5. The molecule has 5 rings (SSSR count).